The Morgan fingerprint density at radius 1 is 0.957 bits per heavy atom. The molecule has 1 heterocycles. The van der Waals surface area contributed by atoms with E-state index in [9.17, 15) is 19.5 Å². The SMILES string of the molecule is CC(C)(C)OC(=O)CC[C@@H](CO)NC(=O)C1=C[C@H]2OC(c3ccccc3)(c3ccccc3)O[C@H]2[C@H](OC(=O)c2ccccc2I)C1. The fraction of sp³-hybridized carbons (Fsp3) is 0.361. The molecule has 2 N–H and O–H groups in total. The zero-order chi connectivity index (χ0) is 32.9. The molecule has 0 spiro atoms. The van der Waals surface area contributed by atoms with E-state index < -0.39 is 53.6 Å². The molecule has 9 nitrogen and oxygen atoms in total. The molecule has 3 aromatic carbocycles. The lowest BCUT2D eigenvalue weighted by Gasteiger charge is -2.31. The predicted molar refractivity (Wildman–Crippen MR) is 179 cm³/mol. The van der Waals surface area contributed by atoms with Crippen molar-refractivity contribution in [2.75, 3.05) is 6.61 Å². The van der Waals surface area contributed by atoms with Crippen LogP contribution in [0.4, 0.5) is 0 Å². The van der Waals surface area contributed by atoms with Crippen LogP contribution in [0.2, 0.25) is 0 Å². The minimum Gasteiger partial charge on any atom is -0.460 e. The number of esters is 2. The number of hydrogen-bond acceptors (Lipinski definition) is 8. The maximum Gasteiger partial charge on any atom is 0.339 e. The highest BCUT2D eigenvalue weighted by Crippen LogP contribution is 2.47. The van der Waals surface area contributed by atoms with Crippen molar-refractivity contribution in [3.63, 3.8) is 0 Å². The fourth-order valence-electron chi connectivity index (χ4n) is 5.59. The summed E-state index contributed by atoms with van der Waals surface area (Å²) in [5.74, 6) is -2.75. The van der Waals surface area contributed by atoms with E-state index in [0.717, 1.165) is 14.7 Å². The summed E-state index contributed by atoms with van der Waals surface area (Å²) in [7, 11) is 0. The highest BCUT2D eigenvalue weighted by Gasteiger charge is 2.55. The first-order valence-corrected chi connectivity index (χ1v) is 16.3. The Morgan fingerprint density at radius 2 is 1.57 bits per heavy atom. The summed E-state index contributed by atoms with van der Waals surface area (Å²) in [6.07, 6.45) is -0.396. The topological polar surface area (TPSA) is 120 Å². The molecule has 2 aliphatic rings. The van der Waals surface area contributed by atoms with E-state index in [4.69, 9.17) is 18.9 Å². The number of carbonyl (C=O) groups excluding carboxylic acids is 3. The van der Waals surface area contributed by atoms with Crippen molar-refractivity contribution in [3.8, 4) is 0 Å². The molecule has 4 atom stereocenters. The number of benzene rings is 3. The van der Waals surface area contributed by atoms with Gasteiger partial charge in [0.2, 0.25) is 11.7 Å². The molecular formula is C36H38INO8. The lowest BCUT2D eigenvalue weighted by molar-refractivity contribution is -0.157. The second-order valence-corrected chi connectivity index (χ2v) is 13.5. The minimum atomic E-state index is -1.33. The molecule has 1 fully saturated rings. The third-order valence-corrected chi connectivity index (χ3v) is 8.65. The summed E-state index contributed by atoms with van der Waals surface area (Å²) < 4.78 is 25.7. The Labute approximate surface area is 282 Å². The molecule has 1 saturated heterocycles. The predicted octanol–water partition coefficient (Wildman–Crippen LogP) is 5.43. The fourth-order valence-corrected chi connectivity index (χ4v) is 6.20. The van der Waals surface area contributed by atoms with Crippen LogP contribution in [0.5, 0.6) is 0 Å². The first-order chi connectivity index (χ1) is 22.0. The summed E-state index contributed by atoms with van der Waals surface area (Å²) in [5, 5.41) is 12.8. The number of aliphatic hydroxyl groups is 1. The van der Waals surface area contributed by atoms with Crippen LogP contribution in [0, 0.1) is 3.57 Å². The van der Waals surface area contributed by atoms with Gasteiger partial charge in [0.1, 0.15) is 23.9 Å². The molecule has 1 aliphatic heterocycles. The monoisotopic (exact) mass is 739 g/mol. The Morgan fingerprint density at radius 3 is 2.15 bits per heavy atom. The van der Waals surface area contributed by atoms with Gasteiger partial charge in [0.15, 0.2) is 0 Å². The van der Waals surface area contributed by atoms with Crippen LogP contribution in [-0.4, -0.2) is 59.5 Å². The first-order valence-electron chi connectivity index (χ1n) is 15.3. The van der Waals surface area contributed by atoms with Gasteiger partial charge in [-0.05, 0) is 68.0 Å². The molecule has 0 saturated carbocycles. The first kappa shape index (κ1) is 33.8. The van der Waals surface area contributed by atoms with E-state index >= 15 is 0 Å². The van der Waals surface area contributed by atoms with E-state index in [1.807, 2.05) is 72.8 Å². The van der Waals surface area contributed by atoms with E-state index in [1.54, 1.807) is 39.0 Å². The molecule has 3 aromatic rings. The summed E-state index contributed by atoms with van der Waals surface area (Å²) in [6.45, 7) is 4.96. The third kappa shape index (κ3) is 7.86. The molecule has 5 rings (SSSR count). The zero-order valence-corrected chi connectivity index (χ0v) is 28.1. The van der Waals surface area contributed by atoms with E-state index in [-0.39, 0.29) is 25.9 Å². The van der Waals surface area contributed by atoms with Gasteiger partial charge in [-0.15, -0.1) is 0 Å². The molecule has 242 valence electrons. The molecule has 0 bridgehead atoms. The summed E-state index contributed by atoms with van der Waals surface area (Å²) in [6, 6.07) is 25.4. The van der Waals surface area contributed by atoms with Crippen molar-refractivity contribution in [2.45, 2.75) is 75.8 Å². The average molecular weight is 740 g/mol. The van der Waals surface area contributed by atoms with Crippen LogP contribution in [0.15, 0.2) is 96.6 Å². The van der Waals surface area contributed by atoms with Crippen LogP contribution in [0.25, 0.3) is 0 Å². The van der Waals surface area contributed by atoms with Crippen LogP contribution >= 0.6 is 22.6 Å². The second kappa shape index (κ2) is 14.5. The van der Waals surface area contributed by atoms with Crippen LogP contribution in [0.1, 0.15) is 61.5 Å². The van der Waals surface area contributed by atoms with Gasteiger partial charge in [0, 0.05) is 33.1 Å². The van der Waals surface area contributed by atoms with Gasteiger partial charge < -0.3 is 29.4 Å². The Balaban J connectivity index is 1.43. The second-order valence-electron chi connectivity index (χ2n) is 12.3. The highest BCUT2D eigenvalue weighted by atomic mass is 127. The van der Waals surface area contributed by atoms with Gasteiger partial charge in [-0.3, -0.25) is 9.59 Å². The zero-order valence-electron chi connectivity index (χ0n) is 26.0. The lowest BCUT2D eigenvalue weighted by atomic mass is 9.91. The van der Waals surface area contributed by atoms with E-state index in [2.05, 4.69) is 27.9 Å². The number of halogens is 1. The van der Waals surface area contributed by atoms with Gasteiger partial charge in [-0.2, -0.15) is 0 Å². The molecular weight excluding hydrogens is 701 g/mol. The molecule has 1 aliphatic carbocycles. The van der Waals surface area contributed by atoms with Gasteiger partial charge in [0.05, 0.1) is 18.2 Å². The molecule has 0 aromatic heterocycles. The van der Waals surface area contributed by atoms with Crippen molar-refractivity contribution in [2.24, 2.45) is 0 Å². The number of rotatable bonds is 10. The van der Waals surface area contributed by atoms with E-state index in [0.29, 0.717) is 11.1 Å². The normalized spacial score (nSPS) is 21.0. The summed E-state index contributed by atoms with van der Waals surface area (Å²) in [4.78, 5) is 39.4. The molecule has 10 heteroatoms. The van der Waals surface area contributed by atoms with Crippen LogP contribution in [0.3, 0.4) is 0 Å². The number of amides is 1. The average Bonchev–Trinajstić information content (AvgIpc) is 3.44. The third-order valence-electron chi connectivity index (χ3n) is 7.70. The quantitative estimate of drug-likeness (QED) is 0.209. The number of fused-ring (bicyclic) bond motifs is 1. The molecule has 0 unspecified atom stereocenters. The number of ether oxygens (including phenoxy) is 4. The molecule has 0 radical (unpaired) electrons. The van der Waals surface area contributed by atoms with Crippen molar-refractivity contribution in [3.05, 3.63) is 117 Å². The Bertz CT molecular complexity index is 1530. The van der Waals surface area contributed by atoms with Crippen LogP contribution in [-0.2, 0) is 34.3 Å². The molecule has 46 heavy (non-hydrogen) atoms. The van der Waals surface area contributed by atoms with Crippen molar-refractivity contribution in [1.29, 1.82) is 0 Å². The molecule has 1 amide bonds. The van der Waals surface area contributed by atoms with Crippen molar-refractivity contribution < 1.29 is 38.4 Å². The summed E-state index contributed by atoms with van der Waals surface area (Å²) >= 11 is 2.08. The van der Waals surface area contributed by atoms with Gasteiger partial charge in [0.25, 0.3) is 0 Å². The maximum absolute atomic E-state index is 13.6. The standard InChI is InChI=1S/C36H38INO8/c1-35(2,3)45-31(40)19-18-26(22-39)38-33(41)23-20-29(43-34(42)27-16-10-11-17-28(27)37)32-30(21-23)44-36(46-32,24-12-6-4-7-13-24)25-14-8-5-9-15-25/h4-17,21,26,29-30,32,39H,18-20,22H2,1-3H3,(H,38,41)/t26-,29+,30+,32-/m0/s1. The van der Waals surface area contributed by atoms with Gasteiger partial charge in [-0.25, -0.2) is 4.79 Å². The number of hydrogen-bond donors (Lipinski definition) is 2. The minimum absolute atomic E-state index is 0.0239. The summed E-state index contributed by atoms with van der Waals surface area (Å²) in [5.41, 5.74) is 1.58. The van der Waals surface area contributed by atoms with E-state index in [1.165, 1.54) is 0 Å². The largest absolute Gasteiger partial charge is 0.460 e. The Kier molecular flexibility index (Phi) is 10.6. The lowest BCUT2D eigenvalue weighted by Crippen LogP contribution is -2.45. The highest BCUT2D eigenvalue weighted by molar-refractivity contribution is 14.1. The number of nitrogens with one attached hydrogen (secondary N) is 1. The van der Waals surface area contributed by atoms with Crippen molar-refractivity contribution in [1.82, 2.24) is 5.32 Å². The maximum atomic E-state index is 13.6. The van der Waals surface area contributed by atoms with Gasteiger partial charge >= 0.3 is 11.9 Å². The smallest absolute Gasteiger partial charge is 0.339 e. The number of aliphatic hydroxyl groups excluding tert-OH is 1. The van der Waals surface area contributed by atoms with Gasteiger partial charge in [-0.1, -0.05) is 72.8 Å². The number of carbonyl (C=O) groups is 3. The van der Waals surface area contributed by atoms with Crippen molar-refractivity contribution >= 4 is 40.4 Å². The Hall–Kier alpha value is -3.58. The van der Waals surface area contributed by atoms with Crippen LogP contribution < -0.4 is 5.32 Å².